The van der Waals surface area contributed by atoms with Crippen LogP contribution in [-0.4, -0.2) is 83.3 Å². The van der Waals surface area contributed by atoms with Gasteiger partial charge in [0.15, 0.2) is 0 Å². The monoisotopic (exact) mass is 666 g/mol. The molecule has 1 aromatic rings. The second-order valence-corrected chi connectivity index (χ2v) is 14.6. The van der Waals surface area contributed by atoms with Crippen LogP contribution in [0.2, 0.25) is 0 Å². The fourth-order valence-corrected chi connectivity index (χ4v) is 6.81. The first-order valence-corrected chi connectivity index (χ1v) is 18.4. The standard InChI is InChI=1S/C32H54N6O5S2/c1-5-23(4)29(30(34)41)37-31(42)26(19-22(2)3)35-21-32(12-14-43-15-13-32)38-28(40)11-18-44-16-9-24-7-6-8-25(36-24)20-45-17-10-27(33)39/h6-8,22-23,26,29,35H,5,9-21H2,1-4H3,(H2,33,39)(H2,34,41)(H,37,42)(H,38,40)/t23-,26-,29-/m0/s1. The molecule has 0 spiro atoms. The van der Waals surface area contributed by atoms with Crippen molar-refractivity contribution in [3.05, 3.63) is 29.6 Å². The third-order valence-electron chi connectivity index (χ3n) is 7.97. The molecule has 45 heavy (non-hydrogen) atoms. The molecule has 1 aromatic heterocycles. The number of pyridine rings is 1. The van der Waals surface area contributed by atoms with Crippen molar-refractivity contribution in [3.63, 3.8) is 0 Å². The van der Waals surface area contributed by atoms with E-state index in [1.54, 1.807) is 23.5 Å². The van der Waals surface area contributed by atoms with E-state index < -0.39 is 23.5 Å². The maximum Gasteiger partial charge on any atom is 0.240 e. The first-order chi connectivity index (χ1) is 21.4. The molecule has 2 rings (SSSR count). The van der Waals surface area contributed by atoms with Gasteiger partial charge < -0.3 is 32.2 Å². The van der Waals surface area contributed by atoms with Crippen LogP contribution in [0.15, 0.2) is 18.2 Å². The lowest BCUT2D eigenvalue weighted by atomic mass is 9.88. The molecule has 254 valence electrons. The van der Waals surface area contributed by atoms with Gasteiger partial charge in [-0.3, -0.25) is 24.2 Å². The number of thioether (sulfide) groups is 2. The minimum atomic E-state index is -0.730. The molecule has 3 atom stereocenters. The maximum atomic E-state index is 13.3. The van der Waals surface area contributed by atoms with Gasteiger partial charge in [-0.25, -0.2) is 0 Å². The number of nitrogens with one attached hydrogen (secondary N) is 3. The molecule has 4 amide bonds. The highest BCUT2D eigenvalue weighted by molar-refractivity contribution is 7.99. The Kier molecular flexibility index (Phi) is 17.9. The Morgan fingerprint density at radius 3 is 2.33 bits per heavy atom. The smallest absolute Gasteiger partial charge is 0.240 e. The minimum Gasteiger partial charge on any atom is -0.381 e. The van der Waals surface area contributed by atoms with Gasteiger partial charge in [-0.15, -0.1) is 0 Å². The summed E-state index contributed by atoms with van der Waals surface area (Å²) in [6.07, 6.45) is 4.16. The van der Waals surface area contributed by atoms with Crippen molar-refractivity contribution in [1.29, 1.82) is 0 Å². The van der Waals surface area contributed by atoms with Crippen molar-refractivity contribution in [1.82, 2.24) is 20.9 Å². The molecule has 1 aliphatic rings. The van der Waals surface area contributed by atoms with E-state index in [1.165, 1.54) is 0 Å². The molecule has 0 aromatic carbocycles. The topological polar surface area (TPSA) is 179 Å². The molecule has 13 heteroatoms. The van der Waals surface area contributed by atoms with Crippen LogP contribution in [0.1, 0.15) is 77.6 Å². The summed E-state index contributed by atoms with van der Waals surface area (Å²) < 4.78 is 5.60. The highest BCUT2D eigenvalue weighted by atomic mass is 32.2. The first kappa shape index (κ1) is 38.8. The molecular weight excluding hydrogens is 613 g/mol. The number of hydrogen-bond donors (Lipinski definition) is 5. The van der Waals surface area contributed by atoms with Crippen LogP contribution in [0.25, 0.3) is 0 Å². The summed E-state index contributed by atoms with van der Waals surface area (Å²) in [6, 6.07) is 4.75. The Labute approximate surface area is 277 Å². The van der Waals surface area contributed by atoms with Crippen molar-refractivity contribution in [2.45, 2.75) is 96.0 Å². The lowest BCUT2D eigenvalue weighted by Gasteiger charge is -2.39. The SMILES string of the molecule is CC[C@H](C)[C@H](NC(=O)[C@H](CC(C)C)NCC1(NC(=O)CCSCCc2cccc(CSCCC(N)=O)n2)CCOCC1)C(N)=O. The van der Waals surface area contributed by atoms with Crippen LogP contribution in [0, 0.1) is 11.8 Å². The predicted molar refractivity (Wildman–Crippen MR) is 183 cm³/mol. The Hall–Kier alpha value is -2.35. The lowest BCUT2D eigenvalue weighted by molar-refractivity contribution is -0.130. The van der Waals surface area contributed by atoms with E-state index in [4.69, 9.17) is 21.2 Å². The molecule has 2 heterocycles. The van der Waals surface area contributed by atoms with Crippen molar-refractivity contribution in [2.75, 3.05) is 37.0 Å². The zero-order valence-electron chi connectivity index (χ0n) is 27.4. The number of aromatic nitrogens is 1. The van der Waals surface area contributed by atoms with Crippen LogP contribution in [0.4, 0.5) is 0 Å². The predicted octanol–water partition coefficient (Wildman–Crippen LogP) is 2.54. The van der Waals surface area contributed by atoms with Gasteiger partial charge in [0.05, 0.1) is 17.3 Å². The normalized spacial score (nSPS) is 16.5. The quantitative estimate of drug-likeness (QED) is 0.116. The van der Waals surface area contributed by atoms with Crippen LogP contribution in [0.3, 0.4) is 0 Å². The average Bonchev–Trinajstić information content (AvgIpc) is 2.99. The van der Waals surface area contributed by atoms with Gasteiger partial charge in [-0.2, -0.15) is 23.5 Å². The highest BCUT2D eigenvalue weighted by Gasteiger charge is 2.36. The summed E-state index contributed by atoms with van der Waals surface area (Å²) in [7, 11) is 0. The Bertz CT molecular complexity index is 1090. The number of primary amides is 2. The summed E-state index contributed by atoms with van der Waals surface area (Å²) >= 11 is 3.36. The zero-order chi connectivity index (χ0) is 33.2. The molecule has 1 fully saturated rings. The third kappa shape index (κ3) is 15.2. The molecule has 0 bridgehead atoms. The second kappa shape index (κ2) is 20.7. The number of ether oxygens (including phenoxy) is 1. The fraction of sp³-hybridized carbons (Fsp3) is 0.719. The van der Waals surface area contributed by atoms with Crippen LogP contribution in [-0.2, 0) is 36.1 Å². The Balaban J connectivity index is 1.86. The molecule has 11 nitrogen and oxygen atoms in total. The van der Waals surface area contributed by atoms with E-state index in [-0.39, 0.29) is 29.6 Å². The number of carbonyl (C=O) groups excluding carboxylic acids is 4. The molecule has 1 saturated heterocycles. The summed E-state index contributed by atoms with van der Waals surface area (Å²) in [6.45, 7) is 9.45. The molecular formula is C32H54N6O5S2. The first-order valence-electron chi connectivity index (χ1n) is 16.0. The van der Waals surface area contributed by atoms with Crippen molar-refractivity contribution in [3.8, 4) is 0 Å². The van der Waals surface area contributed by atoms with E-state index in [1.807, 2.05) is 45.9 Å². The average molecular weight is 667 g/mol. The van der Waals surface area contributed by atoms with Crippen molar-refractivity contribution in [2.24, 2.45) is 23.3 Å². The summed E-state index contributed by atoms with van der Waals surface area (Å²) in [4.78, 5) is 54.0. The second-order valence-electron chi connectivity index (χ2n) is 12.3. The highest BCUT2D eigenvalue weighted by Crippen LogP contribution is 2.22. The molecule has 0 saturated carbocycles. The van der Waals surface area contributed by atoms with Gasteiger partial charge >= 0.3 is 0 Å². The van der Waals surface area contributed by atoms with Crippen LogP contribution >= 0.6 is 23.5 Å². The van der Waals surface area contributed by atoms with E-state index in [0.717, 1.165) is 29.3 Å². The van der Waals surface area contributed by atoms with E-state index in [2.05, 4.69) is 16.0 Å². The van der Waals surface area contributed by atoms with Gasteiger partial charge in [0.25, 0.3) is 0 Å². The minimum absolute atomic E-state index is 0.0188. The number of nitrogens with two attached hydrogens (primary N) is 2. The van der Waals surface area contributed by atoms with Crippen molar-refractivity contribution >= 4 is 47.2 Å². The van der Waals surface area contributed by atoms with E-state index in [0.29, 0.717) is 69.8 Å². The Morgan fingerprint density at radius 2 is 1.69 bits per heavy atom. The number of aryl methyl sites for hydroxylation is 1. The number of hydrogen-bond acceptors (Lipinski definition) is 9. The van der Waals surface area contributed by atoms with Gasteiger partial charge in [-0.1, -0.05) is 40.2 Å². The maximum absolute atomic E-state index is 13.3. The number of nitrogens with zero attached hydrogens (tertiary/aromatic N) is 1. The zero-order valence-corrected chi connectivity index (χ0v) is 29.0. The van der Waals surface area contributed by atoms with Crippen LogP contribution < -0.4 is 27.4 Å². The number of rotatable bonds is 22. The van der Waals surface area contributed by atoms with Gasteiger partial charge in [-0.05, 0) is 55.4 Å². The Morgan fingerprint density at radius 1 is 1.00 bits per heavy atom. The number of amides is 4. The molecule has 0 aliphatic carbocycles. The summed E-state index contributed by atoms with van der Waals surface area (Å²) in [5, 5.41) is 9.56. The summed E-state index contributed by atoms with van der Waals surface area (Å²) in [5.74, 6) is 2.05. The van der Waals surface area contributed by atoms with Gasteiger partial charge in [0.1, 0.15) is 6.04 Å². The van der Waals surface area contributed by atoms with Crippen LogP contribution in [0.5, 0.6) is 0 Å². The van der Waals surface area contributed by atoms with Gasteiger partial charge in [0, 0.05) is 55.6 Å². The third-order valence-corrected chi connectivity index (χ3v) is 9.94. The molecule has 0 unspecified atom stereocenters. The van der Waals surface area contributed by atoms with E-state index >= 15 is 0 Å². The number of carbonyl (C=O) groups is 4. The van der Waals surface area contributed by atoms with E-state index in [9.17, 15) is 19.2 Å². The van der Waals surface area contributed by atoms with Crippen molar-refractivity contribution < 1.29 is 23.9 Å². The summed E-state index contributed by atoms with van der Waals surface area (Å²) in [5.41, 5.74) is 12.3. The molecule has 1 aliphatic heterocycles. The lowest BCUT2D eigenvalue weighted by Crippen LogP contribution is -2.61. The molecule has 7 N–H and O–H groups in total. The van der Waals surface area contributed by atoms with Gasteiger partial charge in [0.2, 0.25) is 23.6 Å². The fourth-order valence-electron chi connectivity index (χ4n) is 5.06. The molecule has 0 radical (unpaired) electrons. The largest absolute Gasteiger partial charge is 0.381 e.